The number of hydrogen-bond donors (Lipinski definition) is 3. The van der Waals surface area contributed by atoms with Crippen LogP contribution in [0.15, 0.2) is 54.6 Å². The minimum atomic E-state index is -1.12. The van der Waals surface area contributed by atoms with E-state index in [-0.39, 0.29) is 0 Å². The molecule has 0 aliphatic heterocycles. The van der Waals surface area contributed by atoms with E-state index >= 15 is 0 Å². The summed E-state index contributed by atoms with van der Waals surface area (Å²) in [6.45, 7) is -0.112. The lowest BCUT2D eigenvalue weighted by atomic mass is 10.2. The molecule has 5 heteroatoms. The Morgan fingerprint density at radius 1 is 1.10 bits per heavy atom. The molecule has 0 fully saturated rings. The number of nitrogens with one attached hydrogen (secondary N) is 1. The third-order valence-corrected chi connectivity index (χ3v) is 2.93. The van der Waals surface area contributed by atoms with Crippen molar-refractivity contribution in [2.24, 2.45) is 0 Å². The lowest BCUT2D eigenvalue weighted by Crippen LogP contribution is -2.32. The average Bonchev–Trinajstić information content (AvgIpc) is 2.52. The predicted molar refractivity (Wildman–Crippen MR) is 79.3 cm³/mol. The highest BCUT2D eigenvalue weighted by Gasteiger charge is 2.17. The molecule has 0 saturated heterocycles. The summed E-state index contributed by atoms with van der Waals surface area (Å²) in [7, 11) is 0. The first-order valence-corrected chi connectivity index (χ1v) is 6.56. The lowest BCUT2D eigenvalue weighted by Gasteiger charge is -2.17. The van der Waals surface area contributed by atoms with Crippen LogP contribution in [0, 0.1) is 0 Å². The van der Waals surface area contributed by atoms with Crippen LogP contribution in [-0.2, 0) is 11.4 Å². The van der Waals surface area contributed by atoms with Gasteiger partial charge in [-0.3, -0.25) is 0 Å². The quantitative estimate of drug-likeness (QED) is 0.727. The van der Waals surface area contributed by atoms with E-state index in [1.54, 1.807) is 24.3 Å². The van der Waals surface area contributed by atoms with Crippen LogP contribution in [0.25, 0.3) is 0 Å². The molecule has 0 unspecified atom stereocenters. The van der Waals surface area contributed by atoms with Crippen molar-refractivity contribution in [3.63, 3.8) is 0 Å². The van der Waals surface area contributed by atoms with Crippen molar-refractivity contribution in [3.05, 3.63) is 60.2 Å². The maximum atomic E-state index is 11.0. The van der Waals surface area contributed by atoms with Crippen molar-refractivity contribution in [2.75, 3.05) is 11.9 Å². The molecule has 1 atom stereocenters. The molecule has 3 N–H and O–H groups in total. The number of hydrogen-bond acceptors (Lipinski definition) is 4. The molecule has 2 rings (SSSR count). The Kier molecular flexibility index (Phi) is 5.17. The summed E-state index contributed by atoms with van der Waals surface area (Å²) in [5.41, 5.74) is 1.55. The number of aliphatic hydroxyl groups excluding tert-OH is 1. The molecule has 0 aromatic heterocycles. The Morgan fingerprint density at radius 2 is 1.76 bits per heavy atom. The predicted octanol–water partition coefficient (Wildman–Crippen LogP) is 2.12. The second kappa shape index (κ2) is 7.31. The van der Waals surface area contributed by atoms with Crippen LogP contribution in [0.3, 0.4) is 0 Å². The van der Waals surface area contributed by atoms with E-state index in [1.807, 2.05) is 30.3 Å². The SMILES string of the molecule is O=C(O)[C@H](CO)Nc1ccccc1OCc1ccccc1. The molecule has 110 valence electrons. The molecule has 21 heavy (non-hydrogen) atoms. The average molecular weight is 287 g/mol. The fourth-order valence-electron chi connectivity index (χ4n) is 1.82. The lowest BCUT2D eigenvalue weighted by molar-refractivity contribution is -0.138. The van der Waals surface area contributed by atoms with Crippen molar-refractivity contribution >= 4 is 11.7 Å². The molecule has 0 radical (unpaired) electrons. The monoisotopic (exact) mass is 287 g/mol. The van der Waals surface area contributed by atoms with Gasteiger partial charge in [0.15, 0.2) is 0 Å². The molecule has 0 amide bonds. The summed E-state index contributed by atoms with van der Waals surface area (Å²) in [6.07, 6.45) is 0. The number of rotatable bonds is 7. The largest absolute Gasteiger partial charge is 0.487 e. The van der Waals surface area contributed by atoms with E-state index in [2.05, 4.69) is 5.32 Å². The number of aliphatic carboxylic acids is 1. The number of ether oxygens (including phenoxy) is 1. The Hall–Kier alpha value is -2.53. The van der Waals surface area contributed by atoms with Gasteiger partial charge in [-0.05, 0) is 17.7 Å². The first-order valence-electron chi connectivity index (χ1n) is 6.56. The fourth-order valence-corrected chi connectivity index (χ4v) is 1.82. The molecule has 0 heterocycles. The van der Waals surface area contributed by atoms with Crippen LogP contribution in [0.5, 0.6) is 5.75 Å². The summed E-state index contributed by atoms with van der Waals surface area (Å²) in [5, 5.41) is 20.8. The zero-order valence-electron chi connectivity index (χ0n) is 11.4. The highest BCUT2D eigenvalue weighted by molar-refractivity contribution is 5.78. The zero-order valence-corrected chi connectivity index (χ0v) is 11.4. The van der Waals surface area contributed by atoms with Gasteiger partial charge < -0.3 is 20.3 Å². The van der Waals surface area contributed by atoms with Crippen molar-refractivity contribution < 1.29 is 19.7 Å². The van der Waals surface area contributed by atoms with Crippen molar-refractivity contribution in [3.8, 4) is 5.75 Å². The third-order valence-electron chi connectivity index (χ3n) is 2.93. The van der Waals surface area contributed by atoms with Crippen LogP contribution in [0.4, 0.5) is 5.69 Å². The number of aliphatic hydroxyl groups is 1. The van der Waals surface area contributed by atoms with E-state index in [0.717, 1.165) is 5.56 Å². The molecule has 2 aromatic carbocycles. The van der Waals surface area contributed by atoms with Crippen molar-refractivity contribution in [2.45, 2.75) is 12.6 Å². The number of carboxylic acid groups (broad SMARTS) is 1. The van der Waals surface area contributed by atoms with Gasteiger partial charge in [0.1, 0.15) is 18.4 Å². The van der Waals surface area contributed by atoms with Gasteiger partial charge in [-0.2, -0.15) is 0 Å². The molecular formula is C16H17NO4. The summed E-state index contributed by atoms with van der Waals surface area (Å²) < 4.78 is 5.71. The second-order valence-electron chi connectivity index (χ2n) is 4.49. The smallest absolute Gasteiger partial charge is 0.328 e. The van der Waals surface area contributed by atoms with Crippen LogP contribution in [0.1, 0.15) is 5.56 Å². The van der Waals surface area contributed by atoms with E-state index in [1.165, 1.54) is 0 Å². The van der Waals surface area contributed by atoms with Gasteiger partial charge in [0.2, 0.25) is 0 Å². The maximum Gasteiger partial charge on any atom is 0.328 e. The summed E-state index contributed by atoms with van der Waals surface area (Å²) in [4.78, 5) is 11.0. The van der Waals surface area contributed by atoms with E-state index in [9.17, 15) is 4.79 Å². The second-order valence-corrected chi connectivity index (χ2v) is 4.49. The van der Waals surface area contributed by atoms with Gasteiger partial charge in [0, 0.05) is 0 Å². The van der Waals surface area contributed by atoms with Crippen LogP contribution in [0.2, 0.25) is 0 Å². The summed E-state index contributed by atoms with van der Waals surface area (Å²) in [6, 6.07) is 15.7. The number of para-hydroxylation sites is 2. The third kappa shape index (κ3) is 4.22. The van der Waals surface area contributed by atoms with Gasteiger partial charge in [-0.1, -0.05) is 42.5 Å². The molecule has 0 saturated carbocycles. The molecule has 0 aliphatic carbocycles. The Balaban J connectivity index is 2.08. The first kappa shape index (κ1) is 14.9. The number of carboxylic acids is 1. The highest BCUT2D eigenvalue weighted by Crippen LogP contribution is 2.25. The van der Waals surface area contributed by atoms with Crippen LogP contribution >= 0.6 is 0 Å². The zero-order chi connectivity index (χ0) is 15.1. The number of carbonyl (C=O) groups is 1. The molecule has 0 spiro atoms. The van der Waals surface area contributed by atoms with Crippen LogP contribution < -0.4 is 10.1 Å². The molecule has 2 aromatic rings. The highest BCUT2D eigenvalue weighted by atomic mass is 16.5. The van der Waals surface area contributed by atoms with Gasteiger partial charge in [-0.25, -0.2) is 4.79 Å². The molecule has 5 nitrogen and oxygen atoms in total. The maximum absolute atomic E-state index is 11.0. The van der Waals surface area contributed by atoms with Gasteiger partial charge in [-0.15, -0.1) is 0 Å². The van der Waals surface area contributed by atoms with Gasteiger partial charge >= 0.3 is 5.97 Å². The Morgan fingerprint density at radius 3 is 2.43 bits per heavy atom. The fraction of sp³-hybridized carbons (Fsp3) is 0.188. The van der Waals surface area contributed by atoms with E-state index < -0.39 is 18.6 Å². The minimum absolute atomic E-state index is 0.385. The Labute approximate surface area is 122 Å². The standard InChI is InChI=1S/C16H17NO4/c18-10-14(16(19)20)17-13-8-4-5-9-15(13)21-11-12-6-2-1-3-7-12/h1-9,14,17-18H,10-11H2,(H,19,20)/t14-/m0/s1. The van der Waals surface area contributed by atoms with E-state index in [0.29, 0.717) is 18.0 Å². The Bertz CT molecular complexity index is 586. The molecular weight excluding hydrogens is 270 g/mol. The van der Waals surface area contributed by atoms with Gasteiger partial charge in [0.05, 0.1) is 12.3 Å². The van der Waals surface area contributed by atoms with Gasteiger partial charge in [0.25, 0.3) is 0 Å². The minimum Gasteiger partial charge on any atom is -0.487 e. The normalized spacial score (nSPS) is 11.7. The van der Waals surface area contributed by atoms with Crippen molar-refractivity contribution in [1.29, 1.82) is 0 Å². The van der Waals surface area contributed by atoms with E-state index in [4.69, 9.17) is 14.9 Å². The topological polar surface area (TPSA) is 78.8 Å². The number of anilines is 1. The molecule has 0 bridgehead atoms. The molecule has 0 aliphatic rings. The number of benzene rings is 2. The van der Waals surface area contributed by atoms with Crippen LogP contribution in [-0.4, -0.2) is 28.8 Å². The first-order chi connectivity index (χ1) is 10.2. The van der Waals surface area contributed by atoms with Crippen molar-refractivity contribution in [1.82, 2.24) is 0 Å². The summed E-state index contributed by atoms with van der Waals surface area (Å²) >= 11 is 0. The summed E-state index contributed by atoms with van der Waals surface area (Å²) in [5.74, 6) is -0.573.